The minimum absolute atomic E-state index is 0.325. The van der Waals surface area contributed by atoms with Crippen LogP contribution in [0.3, 0.4) is 0 Å². The van der Waals surface area contributed by atoms with Crippen LogP contribution in [0.1, 0.15) is 136 Å². The standard InChI is InChI=1S/C37H68NO10Si/c1-23(2)49(24(3)4)44-21-19-17-16-18-20-37(14,15)33(42)43-22-25-26(46-30(39)34(5,6)7)27(47-31(40)35(8,9)10)28(29(38)45-25)48-32(41)36(11,12)13/h23-29H,16-22,38H2,1-15H3/t25-,26+,27+,28-,29-/m1/s1. The second-order valence-corrected chi connectivity index (χ2v) is 21.1. The number of rotatable bonds is 16. The van der Waals surface area contributed by atoms with Crippen molar-refractivity contribution in [3.8, 4) is 0 Å². The molecule has 12 heteroatoms. The lowest BCUT2D eigenvalue weighted by Crippen LogP contribution is -2.65. The van der Waals surface area contributed by atoms with Gasteiger partial charge in [0.25, 0.3) is 0 Å². The summed E-state index contributed by atoms with van der Waals surface area (Å²) in [5.74, 6) is -2.28. The van der Waals surface area contributed by atoms with Crippen molar-refractivity contribution in [1.82, 2.24) is 0 Å². The van der Waals surface area contributed by atoms with Crippen LogP contribution in [-0.2, 0) is 47.3 Å². The first kappa shape index (κ1) is 45.0. The second-order valence-electron chi connectivity index (χ2n) is 17.7. The Morgan fingerprint density at radius 3 is 1.51 bits per heavy atom. The molecule has 1 fully saturated rings. The Bertz CT molecular complexity index is 1080. The lowest BCUT2D eigenvalue weighted by Gasteiger charge is -2.45. The smallest absolute Gasteiger partial charge is 0.311 e. The zero-order valence-corrected chi connectivity index (χ0v) is 34.2. The van der Waals surface area contributed by atoms with Crippen LogP contribution in [0.15, 0.2) is 0 Å². The number of ether oxygens (including phenoxy) is 5. The molecule has 1 aliphatic rings. The van der Waals surface area contributed by atoms with E-state index < -0.39 is 85.2 Å². The maximum atomic E-state index is 13.4. The molecule has 0 unspecified atom stereocenters. The van der Waals surface area contributed by atoms with Crippen molar-refractivity contribution in [1.29, 1.82) is 0 Å². The third-order valence-corrected chi connectivity index (χ3v) is 11.1. The first-order valence-electron chi connectivity index (χ1n) is 17.9. The van der Waals surface area contributed by atoms with E-state index in [1.165, 1.54) is 0 Å². The van der Waals surface area contributed by atoms with Crippen LogP contribution in [0.25, 0.3) is 0 Å². The van der Waals surface area contributed by atoms with Gasteiger partial charge in [-0.1, -0.05) is 47.0 Å². The topological polar surface area (TPSA) is 150 Å². The molecule has 1 radical (unpaired) electrons. The van der Waals surface area contributed by atoms with Gasteiger partial charge in [0, 0.05) is 6.61 Å². The quantitative estimate of drug-likeness (QED) is 0.0771. The minimum atomic E-state index is -1.33. The molecule has 0 aliphatic carbocycles. The molecule has 285 valence electrons. The Morgan fingerprint density at radius 1 is 0.633 bits per heavy atom. The van der Waals surface area contributed by atoms with Crippen molar-refractivity contribution in [2.45, 2.75) is 178 Å². The number of carbonyl (C=O) groups is 4. The van der Waals surface area contributed by atoms with Crippen LogP contribution in [0.2, 0.25) is 11.1 Å². The average molecular weight is 715 g/mol. The summed E-state index contributed by atoms with van der Waals surface area (Å²) in [5.41, 5.74) is 3.96. The molecule has 49 heavy (non-hydrogen) atoms. The highest BCUT2D eigenvalue weighted by Crippen LogP contribution is 2.33. The maximum absolute atomic E-state index is 13.4. The Morgan fingerprint density at radius 2 is 1.06 bits per heavy atom. The summed E-state index contributed by atoms with van der Waals surface area (Å²) in [6.07, 6.45) is -1.87. The van der Waals surface area contributed by atoms with E-state index in [-0.39, 0.29) is 6.61 Å². The van der Waals surface area contributed by atoms with Crippen LogP contribution in [-0.4, -0.2) is 76.8 Å². The predicted octanol–water partition coefficient (Wildman–Crippen LogP) is 6.89. The molecule has 2 N–H and O–H groups in total. The van der Waals surface area contributed by atoms with Gasteiger partial charge in [0.15, 0.2) is 18.3 Å². The molecular formula is C37H68NO10Si. The number of esters is 4. The van der Waals surface area contributed by atoms with Gasteiger partial charge >= 0.3 is 23.9 Å². The summed E-state index contributed by atoms with van der Waals surface area (Å²) in [7, 11) is -0.826. The van der Waals surface area contributed by atoms with E-state index in [0.29, 0.717) is 17.5 Å². The van der Waals surface area contributed by atoms with E-state index in [0.717, 1.165) is 32.3 Å². The molecule has 5 atom stereocenters. The highest BCUT2D eigenvalue weighted by Gasteiger charge is 2.53. The van der Waals surface area contributed by atoms with E-state index in [4.69, 9.17) is 33.8 Å². The third-order valence-electron chi connectivity index (χ3n) is 8.27. The van der Waals surface area contributed by atoms with Gasteiger partial charge in [-0.2, -0.15) is 0 Å². The van der Waals surface area contributed by atoms with Crippen LogP contribution in [0.4, 0.5) is 0 Å². The molecule has 0 bridgehead atoms. The molecule has 1 heterocycles. The van der Waals surface area contributed by atoms with Crippen molar-refractivity contribution < 1.29 is 47.3 Å². The summed E-state index contributed by atoms with van der Waals surface area (Å²) < 4.78 is 35.6. The second kappa shape index (κ2) is 18.5. The Hall–Kier alpha value is -2.02. The van der Waals surface area contributed by atoms with Gasteiger partial charge in [0.1, 0.15) is 18.9 Å². The van der Waals surface area contributed by atoms with Crippen LogP contribution in [0, 0.1) is 21.7 Å². The fraction of sp³-hybridized carbons (Fsp3) is 0.892. The highest BCUT2D eigenvalue weighted by atomic mass is 28.3. The SMILES string of the molecule is CC(C)[Si](OCCCCCCC(C)(C)C(=O)OC[C@H]1O[C@@H](N)[C@H](OC(=O)C(C)(C)C)[C@@H](OC(=O)C(C)(C)C)[C@H]1OC(=O)C(C)(C)C)C(C)C. The molecule has 1 saturated heterocycles. The Kier molecular flexibility index (Phi) is 17.0. The summed E-state index contributed by atoms with van der Waals surface area (Å²) in [6.45, 7) is 28.1. The molecule has 1 rings (SSSR count). The first-order valence-corrected chi connectivity index (χ1v) is 19.5. The van der Waals surface area contributed by atoms with Gasteiger partial charge in [-0.25, -0.2) is 0 Å². The molecule has 11 nitrogen and oxygen atoms in total. The number of nitrogens with two attached hydrogens (primary N) is 1. The molecule has 0 aromatic rings. The van der Waals surface area contributed by atoms with E-state index in [1.54, 1.807) is 62.3 Å². The molecular weight excluding hydrogens is 646 g/mol. The summed E-state index contributed by atoms with van der Waals surface area (Å²) in [4.78, 5) is 52.7. The van der Waals surface area contributed by atoms with Gasteiger partial charge < -0.3 is 33.8 Å². The lowest BCUT2D eigenvalue weighted by molar-refractivity contribution is -0.259. The van der Waals surface area contributed by atoms with Crippen molar-refractivity contribution >= 4 is 32.9 Å². The first-order chi connectivity index (χ1) is 22.2. The van der Waals surface area contributed by atoms with Gasteiger partial charge in [-0.05, 0) is 100 Å². The van der Waals surface area contributed by atoms with Gasteiger partial charge in [-0.15, -0.1) is 0 Å². The van der Waals surface area contributed by atoms with Crippen molar-refractivity contribution in [2.75, 3.05) is 13.2 Å². The van der Waals surface area contributed by atoms with Crippen LogP contribution >= 0.6 is 0 Å². The average Bonchev–Trinajstić information content (AvgIpc) is 2.94. The number of carbonyl (C=O) groups excluding carboxylic acids is 4. The molecule has 0 spiro atoms. The van der Waals surface area contributed by atoms with Crippen molar-refractivity contribution in [2.24, 2.45) is 27.4 Å². The van der Waals surface area contributed by atoms with Crippen molar-refractivity contribution in [3.05, 3.63) is 0 Å². The van der Waals surface area contributed by atoms with E-state index >= 15 is 0 Å². The van der Waals surface area contributed by atoms with Crippen LogP contribution in [0.5, 0.6) is 0 Å². The fourth-order valence-electron chi connectivity index (χ4n) is 5.06. The summed E-state index contributed by atoms with van der Waals surface area (Å²) in [6, 6.07) is 0. The largest absolute Gasteiger partial charge is 0.462 e. The Labute approximate surface area is 298 Å². The normalized spacial score (nSPS) is 22.3. The molecule has 0 aromatic carbocycles. The number of hydrogen-bond donors (Lipinski definition) is 1. The number of unbranched alkanes of at least 4 members (excludes halogenated alkanes) is 3. The molecule has 0 saturated carbocycles. The molecule has 0 aromatic heterocycles. The zero-order valence-electron chi connectivity index (χ0n) is 33.2. The fourth-order valence-corrected chi connectivity index (χ4v) is 7.44. The summed E-state index contributed by atoms with van der Waals surface area (Å²) in [5, 5.41) is 0. The van der Waals surface area contributed by atoms with Gasteiger partial charge in [0.2, 0.25) is 9.04 Å². The lowest BCUT2D eigenvalue weighted by atomic mass is 9.87. The third kappa shape index (κ3) is 14.6. The predicted molar refractivity (Wildman–Crippen MR) is 191 cm³/mol. The highest BCUT2D eigenvalue weighted by molar-refractivity contribution is 6.54. The molecule has 1 aliphatic heterocycles. The van der Waals surface area contributed by atoms with Crippen molar-refractivity contribution in [3.63, 3.8) is 0 Å². The summed E-state index contributed by atoms with van der Waals surface area (Å²) >= 11 is 0. The minimum Gasteiger partial charge on any atom is -0.462 e. The van der Waals surface area contributed by atoms with E-state index in [2.05, 4.69) is 27.7 Å². The number of hydrogen-bond acceptors (Lipinski definition) is 11. The van der Waals surface area contributed by atoms with Crippen LogP contribution < -0.4 is 5.73 Å². The monoisotopic (exact) mass is 714 g/mol. The van der Waals surface area contributed by atoms with E-state index in [1.807, 2.05) is 13.8 Å². The maximum Gasteiger partial charge on any atom is 0.311 e. The van der Waals surface area contributed by atoms with E-state index in [9.17, 15) is 19.2 Å². The van der Waals surface area contributed by atoms with Gasteiger partial charge in [-0.3, -0.25) is 19.2 Å². The molecule has 0 amide bonds. The Balaban J connectivity index is 3.09. The zero-order chi connectivity index (χ0) is 38.1. The van der Waals surface area contributed by atoms with Gasteiger partial charge in [0.05, 0.1) is 21.7 Å².